The van der Waals surface area contributed by atoms with E-state index in [2.05, 4.69) is 46.3 Å². The molecule has 180 valence electrons. The van der Waals surface area contributed by atoms with Crippen molar-refractivity contribution < 1.29 is 9.53 Å². The van der Waals surface area contributed by atoms with Gasteiger partial charge in [0.15, 0.2) is 0 Å². The van der Waals surface area contributed by atoms with Gasteiger partial charge in [0.25, 0.3) is 0 Å². The average molecular weight is 487 g/mol. The van der Waals surface area contributed by atoms with Crippen LogP contribution in [0.2, 0.25) is 5.02 Å². The summed E-state index contributed by atoms with van der Waals surface area (Å²) < 4.78 is 6.13. The fourth-order valence-corrected chi connectivity index (χ4v) is 5.35. The number of benzene rings is 2. The molecule has 0 aliphatic carbocycles. The maximum Gasteiger partial charge on any atom is 0.131 e. The first-order valence-electron chi connectivity index (χ1n) is 12.5. The van der Waals surface area contributed by atoms with Crippen LogP contribution in [-0.4, -0.2) is 35.8 Å². The molecule has 5 rings (SSSR count). The lowest BCUT2D eigenvalue weighted by Crippen LogP contribution is -2.33. The van der Waals surface area contributed by atoms with Gasteiger partial charge in [0.2, 0.25) is 0 Å². The van der Waals surface area contributed by atoms with Gasteiger partial charge in [0.05, 0.1) is 5.69 Å². The molecule has 3 heterocycles. The summed E-state index contributed by atoms with van der Waals surface area (Å²) in [6, 6.07) is 18.8. The number of likely N-dealkylation sites (tertiary alicyclic amines) is 1. The predicted molar refractivity (Wildman–Crippen MR) is 141 cm³/mol. The first-order valence-corrected chi connectivity index (χ1v) is 12.9. The molecule has 5 heteroatoms. The highest BCUT2D eigenvalue weighted by atomic mass is 35.5. The van der Waals surface area contributed by atoms with Crippen molar-refractivity contribution >= 4 is 23.5 Å². The van der Waals surface area contributed by atoms with Crippen molar-refractivity contribution in [2.24, 2.45) is 0 Å². The Bertz CT molecular complexity index is 1200. The number of hydrogen-bond acceptors (Lipinski definition) is 4. The summed E-state index contributed by atoms with van der Waals surface area (Å²) >= 11 is 6.06. The number of fused-ring (bicyclic) bond motifs is 2. The molecule has 4 nitrogen and oxygen atoms in total. The van der Waals surface area contributed by atoms with Crippen LogP contribution < -0.4 is 4.74 Å². The second-order valence-electron chi connectivity index (χ2n) is 9.40. The van der Waals surface area contributed by atoms with Gasteiger partial charge in [-0.15, -0.1) is 0 Å². The minimum Gasteiger partial charge on any atom is -0.487 e. The van der Waals surface area contributed by atoms with Crippen LogP contribution in [0.5, 0.6) is 5.75 Å². The first-order chi connectivity index (χ1) is 17.2. The van der Waals surface area contributed by atoms with Crippen LogP contribution in [-0.2, 0) is 17.8 Å². The number of piperidine rings is 1. The van der Waals surface area contributed by atoms with Crippen LogP contribution in [0.3, 0.4) is 0 Å². The van der Waals surface area contributed by atoms with Gasteiger partial charge in [-0.05, 0) is 91.7 Å². The molecule has 1 saturated heterocycles. The van der Waals surface area contributed by atoms with Crippen LogP contribution in [0.15, 0.2) is 66.9 Å². The summed E-state index contributed by atoms with van der Waals surface area (Å²) in [5.74, 6) is 1.50. The summed E-state index contributed by atoms with van der Waals surface area (Å²) in [4.78, 5) is 18.1. The van der Waals surface area contributed by atoms with Crippen molar-refractivity contribution in [3.05, 3.63) is 99.8 Å². The number of ether oxygens (including phenoxy) is 1. The molecule has 0 amide bonds. The molecule has 2 aromatic carbocycles. The van der Waals surface area contributed by atoms with Crippen molar-refractivity contribution in [3.8, 4) is 5.75 Å². The van der Waals surface area contributed by atoms with E-state index in [4.69, 9.17) is 16.3 Å². The maximum absolute atomic E-state index is 10.9. The molecule has 0 spiro atoms. The fourth-order valence-electron chi connectivity index (χ4n) is 5.22. The Morgan fingerprint density at radius 3 is 2.66 bits per heavy atom. The number of carbonyl (C=O) groups is 1. The molecule has 0 N–H and O–H groups in total. The zero-order chi connectivity index (χ0) is 24.0. The van der Waals surface area contributed by atoms with E-state index < -0.39 is 0 Å². The van der Waals surface area contributed by atoms with E-state index in [-0.39, 0.29) is 0 Å². The number of carbonyl (C=O) groups excluding carboxylic acids is 1. The average Bonchev–Trinajstić information content (AvgIpc) is 3.05. The van der Waals surface area contributed by atoms with Gasteiger partial charge < -0.3 is 14.4 Å². The smallest absolute Gasteiger partial charge is 0.131 e. The topological polar surface area (TPSA) is 42.4 Å². The molecule has 0 saturated carbocycles. The van der Waals surface area contributed by atoms with Gasteiger partial charge in [-0.1, -0.05) is 41.9 Å². The SMILES string of the molecule is O=CCCc1ccc2c(c1)/C(=C/CCN1CCC(c3ccc(Cl)cc3)CC1)c1cccnc1CO2. The lowest BCUT2D eigenvalue weighted by atomic mass is 9.89. The summed E-state index contributed by atoms with van der Waals surface area (Å²) in [6.45, 7) is 3.73. The van der Waals surface area contributed by atoms with Crippen molar-refractivity contribution in [3.63, 3.8) is 0 Å². The molecule has 0 bridgehead atoms. The molecule has 2 aliphatic heterocycles. The van der Waals surface area contributed by atoms with E-state index in [0.717, 1.165) is 71.9 Å². The van der Waals surface area contributed by atoms with E-state index in [1.54, 1.807) is 0 Å². The highest BCUT2D eigenvalue weighted by Gasteiger charge is 2.22. The third kappa shape index (κ3) is 5.66. The largest absolute Gasteiger partial charge is 0.487 e. The monoisotopic (exact) mass is 486 g/mol. The van der Waals surface area contributed by atoms with Gasteiger partial charge in [-0.25, -0.2) is 0 Å². The predicted octanol–water partition coefficient (Wildman–Crippen LogP) is 6.46. The zero-order valence-electron chi connectivity index (χ0n) is 20.0. The highest BCUT2D eigenvalue weighted by Crippen LogP contribution is 2.37. The Morgan fingerprint density at radius 1 is 1.03 bits per heavy atom. The standard InChI is InChI=1S/C30H31ClN2O2/c31-25-10-8-23(9-11-25)24-13-17-33(18-14-24)16-2-6-26-27-5-1-15-32-29(27)21-35-30-12-7-22(4-3-19-34)20-28(26)30/h1,5-12,15,19-20,24H,2-4,13-14,16-18,21H2/b26-6+. The van der Waals surface area contributed by atoms with E-state index >= 15 is 0 Å². The van der Waals surface area contributed by atoms with Crippen molar-refractivity contribution in [1.82, 2.24) is 9.88 Å². The summed E-state index contributed by atoms with van der Waals surface area (Å²) in [5, 5.41) is 0.803. The quantitative estimate of drug-likeness (QED) is 0.359. The Hall–Kier alpha value is -2.95. The summed E-state index contributed by atoms with van der Waals surface area (Å²) in [7, 11) is 0. The van der Waals surface area contributed by atoms with Crippen molar-refractivity contribution in [2.45, 2.75) is 44.6 Å². The zero-order valence-corrected chi connectivity index (χ0v) is 20.7. The van der Waals surface area contributed by atoms with E-state index in [0.29, 0.717) is 18.9 Å². The van der Waals surface area contributed by atoms with Crippen molar-refractivity contribution in [1.29, 1.82) is 0 Å². The third-order valence-corrected chi connectivity index (χ3v) is 7.40. The maximum atomic E-state index is 10.9. The number of nitrogens with zero attached hydrogens (tertiary/aromatic N) is 2. The van der Waals surface area contributed by atoms with Crippen LogP contribution in [0.25, 0.3) is 5.57 Å². The molecule has 0 unspecified atom stereocenters. The molecule has 0 atom stereocenters. The molecule has 2 aliphatic rings. The van der Waals surface area contributed by atoms with E-state index in [1.165, 1.54) is 24.0 Å². The Morgan fingerprint density at radius 2 is 1.86 bits per heavy atom. The van der Waals surface area contributed by atoms with Gasteiger partial charge in [-0.2, -0.15) is 0 Å². The Balaban J connectivity index is 1.30. The Kier molecular flexibility index (Phi) is 7.60. The number of aryl methyl sites for hydroxylation is 1. The molecular weight excluding hydrogens is 456 g/mol. The Labute approximate surface area is 212 Å². The lowest BCUT2D eigenvalue weighted by Gasteiger charge is -2.32. The third-order valence-electron chi connectivity index (χ3n) is 7.15. The fraction of sp³-hybridized carbons (Fsp3) is 0.333. The summed E-state index contributed by atoms with van der Waals surface area (Å²) in [5.41, 5.74) is 6.95. The minimum atomic E-state index is 0.465. The van der Waals surface area contributed by atoms with Gasteiger partial charge in [0.1, 0.15) is 18.6 Å². The molecule has 35 heavy (non-hydrogen) atoms. The number of aromatic nitrogens is 1. The second kappa shape index (κ2) is 11.2. The number of hydrogen-bond donors (Lipinski definition) is 0. The minimum absolute atomic E-state index is 0.465. The molecule has 0 radical (unpaired) electrons. The van der Waals surface area contributed by atoms with Crippen LogP contribution >= 0.6 is 11.6 Å². The van der Waals surface area contributed by atoms with Crippen LogP contribution in [0, 0.1) is 0 Å². The van der Waals surface area contributed by atoms with Gasteiger partial charge >= 0.3 is 0 Å². The number of aldehydes is 1. The van der Waals surface area contributed by atoms with Gasteiger partial charge in [-0.3, -0.25) is 4.98 Å². The molecule has 1 aromatic heterocycles. The molecular formula is C30H31ClN2O2. The summed E-state index contributed by atoms with van der Waals surface area (Å²) in [6.07, 6.45) is 9.76. The number of halogens is 1. The van der Waals surface area contributed by atoms with Gasteiger partial charge in [0, 0.05) is 35.3 Å². The lowest BCUT2D eigenvalue weighted by molar-refractivity contribution is -0.107. The van der Waals surface area contributed by atoms with Crippen LogP contribution in [0.1, 0.15) is 59.5 Å². The van der Waals surface area contributed by atoms with E-state index in [1.807, 2.05) is 30.5 Å². The highest BCUT2D eigenvalue weighted by molar-refractivity contribution is 6.30. The first kappa shape index (κ1) is 23.8. The molecule has 3 aromatic rings. The van der Waals surface area contributed by atoms with Crippen LogP contribution in [0.4, 0.5) is 0 Å². The number of pyridine rings is 1. The van der Waals surface area contributed by atoms with Crippen molar-refractivity contribution in [2.75, 3.05) is 19.6 Å². The molecule has 1 fully saturated rings. The number of rotatable bonds is 7. The van der Waals surface area contributed by atoms with E-state index in [9.17, 15) is 4.79 Å². The second-order valence-corrected chi connectivity index (χ2v) is 9.83. The normalized spacial score (nSPS) is 17.3.